The predicted octanol–water partition coefficient (Wildman–Crippen LogP) is 1.18. The number of fused-ring (bicyclic) bond motifs is 1. The van der Waals surface area contributed by atoms with E-state index in [1.807, 2.05) is 12.3 Å². The van der Waals surface area contributed by atoms with Crippen LogP contribution >= 0.6 is 0 Å². The maximum Gasteiger partial charge on any atom is 0.270 e. The highest BCUT2D eigenvalue weighted by Crippen LogP contribution is 2.42. The van der Waals surface area contributed by atoms with Gasteiger partial charge in [0.2, 0.25) is 5.91 Å². The molecule has 126 valence electrons. The number of rotatable bonds is 4. The van der Waals surface area contributed by atoms with Crippen molar-refractivity contribution in [2.24, 2.45) is 23.0 Å². The molecule has 3 rings (SSSR count). The summed E-state index contributed by atoms with van der Waals surface area (Å²) in [6.45, 7) is 6.25. The van der Waals surface area contributed by atoms with Gasteiger partial charge in [0.1, 0.15) is 5.69 Å². The third-order valence-corrected chi connectivity index (χ3v) is 5.10. The summed E-state index contributed by atoms with van der Waals surface area (Å²) in [5.41, 5.74) is 6.75. The monoisotopic (exact) mass is 319 g/mol. The Bertz CT molecular complexity index is 610. The lowest BCUT2D eigenvalue weighted by Crippen LogP contribution is -2.48. The number of nitrogens with one attached hydrogen (secondary N) is 1. The van der Waals surface area contributed by atoms with Gasteiger partial charge in [-0.05, 0) is 30.4 Å². The first-order chi connectivity index (χ1) is 10.9. The number of carbonyl (C=O) groups is 2. The van der Waals surface area contributed by atoms with Crippen molar-refractivity contribution in [1.82, 2.24) is 9.88 Å². The van der Waals surface area contributed by atoms with Crippen molar-refractivity contribution in [2.75, 3.05) is 26.3 Å². The summed E-state index contributed by atoms with van der Waals surface area (Å²) in [4.78, 5) is 29.6. The highest BCUT2D eigenvalue weighted by atomic mass is 16.5. The van der Waals surface area contributed by atoms with E-state index in [2.05, 4.69) is 18.8 Å². The van der Waals surface area contributed by atoms with E-state index in [9.17, 15) is 9.59 Å². The molecule has 0 aromatic carbocycles. The zero-order valence-electron chi connectivity index (χ0n) is 13.8. The van der Waals surface area contributed by atoms with E-state index < -0.39 is 5.41 Å². The number of aromatic nitrogens is 1. The number of hydrogen-bond acceptors (Lipinski definition) is 3. The van der Waals surface area contributed by atoms with Crippen LogP contribution < -0.4 is 5.73 Å². The standard InChI is InChI=1S/C17H25N3O3/c1-11(2)5-12-6-14(19-7-12)15(21)20-8-13-9-23-4-3-17(13,10-20)16(18)22/h6-7,11,13,19H,3-5,8-10H2,1-2H3,(H2,18,22)/t13-,17+/m1/s1. The van der Waals surface area contributed by atoms with Crippen LogP contribution in [0.3, 0.4) is 0 Å². The van der Waals surface area contributed by atoms with Gasteiger partial charge < -0.3 is 20.4 Å². The first-order valence-corrected chi connectivity index (χ1v) is 8.26. The summed E-state index contributed by atoms with van der Waals surface area (Å²) in [5, 5.41) is 0. The van der Waals surface area contributed by atoms with Gasteiger partial charge >= 0.3 is 0 Å². The summed E-state index contributed by atoms with van der Waals surface area (Å²) in [6, 6.07) is 1.91. The number of aromatic amines is 1. The van der Waals surface area contributed by atoms with Crippen LogP contribution in [-0.4, -0.2) is 48.0 Å². The highest BCUT2D eigenvalue weighted by Gasteiger charge is 2.53. The van der Waals surface area contributed by atoms with E-state index in [-0.39, 0.29) is 17.7 Å². The molecule has 6 nitrogen and oxygen atoms in total. The van der Waals surface area contributed by atoms with Crippen molar-refractivity contribution in [3.8, 4) is 0 Å². The molecule has 6 heteroatoms. The zero-order chi connectivity index (χ0) is 16.6. The molecule has 0 aliphatic carbocycles. The van der Waals surface area contributed by atoms with Crippen molar-refractivity contribution in [3.05, 3.63) is 23.5 Å². The Kier molecular flexibility index (Phi) is 4.19. The van der Waals surface area contributed by atoms with Gasteiger partial charge in [0, 0.05) is 31.8 Å². The number of primary amides is 1. The van der Waals surface area contributed by atoms with Gasteiger partial charge in [0.15, 0.2) is 0 Å². The number of ether oxygens (including phenoxy) is 1. The topological polar surface area (TPSA) is 88.4 Å². The van der Waals surface area contributed by atoms with Crippen LogP contribution in [0.1, 0.15) is 36.3 Å². The van der Waals surface area contributed by atoms with E-state index in [1.54, 1.807) is 4.90 Å². The fourth-order valence-electron chi connectivity index (χ4n) is 3.83. The zero-order valence-corrected chi connectivity index (χ0v) is 13.8. The largest absolute Gasteiger partial charge is 0.381 e. The minimum atomic E-state index is -0.624. The van der Waals surface area contributed by atoms with Crippen molar-refractivity contribution < 1.29 is 14.3 Å². The van der Waals surface area contributed by atoms with E-state index in [0.29, 0.717) is 44.3 Å². The second-order valence-electron chi connectivity index (χ2n) is 7.25. The maximum atomic E-state index is 12.8. The Labute approximate surface area is 136 Å². The average Bonchev–Trinajstić information content (AvgIpc) is 3.10. The molecule has 2 atom stereocenters. The number of carbonyl (C=O) groups excluding carboxylic acids is 2. The minimum Gasteiger partial charge on any atom is -0.381 e. The Morgan fingerprint density at radius 2 is 2.30 bits per heavy atom. The summed E-state index contributed by atoms with van der Waals surface area (Å²) in [6.07, 6.45) is 3.43. The third kappa shape index (κ3) is 2.87. The SMILES string of the molecule is CC(C)Cc1c[nH]c(C(=O)N2C[C@@H]3COCC[C@]3(C(N)=O)C2)c1. The molecule has 2 fully saturated rings. The summed E-state index contributed by atoms with van der Waals surface area (Å²) >= 11 is 0. The molecule has 3 heterocycles. The molecule has 2 saturated heterocycles. The molecular weight excluding hydrogens is 294 g/mol. The Balaban J connectivity index is 1.76. The first-order valence-electron chi connectivity index (χ1n) is 8.26. The van der Waals surface area contributed by atoms with Crippen LogP contribution in [0.4, 0.5) is 0 Å². The van der Waals surface area contributed by atoms with Crippen LogP contribution in [-0.2, 0) is 16.0 Å². The number of nitrogens with zero attached hydrogens (tertiary/aromatic N) is 1. The second-order valence-corrected chi connectivity index (χ2v) is 7.25. The van der Waals surface area contributed by atoms with Crippen molar-refractivity contribution in [2.45, 2.75) is 26.7 Å². The van der Waals surface area contributed by atoms with Crippen molar-refractivity contribution in [3.63, 3.8) is 0 Å². The summed E-state index contributed by atoms with van der Waals surface area (Å²) in [7, 11) is 0. The minimum absolute atomic E-state index is 0.00259. The van der Waals surface area contributed by atoms with E-state index in [1.165, 1.54) is 0 Å². The molecule has 1 aromatic heterocycles. The molecule has 2 aliphatic heterocycles. The molecule has 0 radical (unpaired) electrons. The van der Waals surface area contributed by atoms with Crippen LogP contribution in [0.25, 0.3) is 0 Å². The highest BCUT2D eigenvalue weighted by molar-refractivity contribution is 5.94. The van der Waals surface area contributed by atoms with Gasteiger partial charge in [0.05, 0.1) is 12.0 Å². The average molecular weight is 319 g/mol. The van der Waals surface area contributed by atoms with Gasteiger partial charge in [0.25, 0.3) is 5.91 Å². The van der Waals surface area contributed by atoms with Crippen LogP contribution in [0.5, 0.6) is 0 Å². The first kappa shape index (κ1) is 16.1. The van der Waals surface area contributed by atoms with Gasteiger partial charge in [-0.1, -0.05) is 13.8 Å². The quantitative estimate of drug-likeness (QED) is 0.873. The molecule has 2 aliphatic rings. The number of nitrogens with two attached hydrogens (primary N) is 1. The van der Waals surface area contributed by atoms with Crippen molar-refractivity contribution >= 4 is 11.8 Å². The summed E-state index contributed by atoms with van der Waals surface area (Å²) < 4.78 is 5.49. The number of H-pyrrole nitrogens is 1. The molecule has 0 saturated carbocycles. The molecular formula is C17H25N3O3. The fraction of sp³-hybridized carbons (Fsp3) is 0.647. The van der Waals surface area contributed by atoms with E-state index in [0.717, 1.165) is 12.0 Å². The molecule has 0 bridgehead atoms. The third-order valence-electron chi connectivity index (χ3n) is 5.10. The smallest absolute Gasteiger partial charge is 0.270 e. The van der Waals surface area contributed by atoms with Crippen LogP contribution in [0.15, 0.2) is 12.3 Å². The lowest BCUT2D eigenvalue weighted by Gasteiger charge is -2.34. The van der Waals surface area contributed by atoms with Crippen LogP contribution in [0.2, 0.25) is 0 Å². The number of likely N-dealkylation sites (tertiary alicyclic amines) is 1. The lowest BCUT2D eigenvalue weighted by atomic mass is 9.74. The van der Waals surface area contributed by atoms with Gasteiger partial charge in [-0.2, -0.15) is 0 Å². The van der Waals surface area contributed by atoms with Gasteiger partial charge in [-0.3, -0.25) is 9.59 Å². The van der Waals surface area contributed by atoms with Gasteiger partial charge in [-0.25, -0.2) is 0 Å². The predicted molar refractivity (Wildman–Crippen MR) is 85.8 cm³/mol. The van der Waals surface area contributed by atoms with Crippen molar-refractivity contribution in [1.29, 1.82) is 0 Å². The Morgan fingerprint density at radius 3 is 2.96 bits per heavy atom. The normalized spacial score (nSPS) is 27.3. The lowest BCUT2D eigenvalue weighted by molar-refractivity contribution is -0.135. The Morgan fingerprint density at radius 1 is 1.52 bits per heavy atom. The Hall–Kier alpha value is -1.82. The fourth-order valence-corrected chi connectivity index (χ4v) is 3.83. The van der Waals surface area contributed by atoms with Gasteiger partial charge in [-0.15, -0.1) is 0 Å². The van der Waals surface area contributed by atoms with Crippen LogP contribution in [0, 0.1) is 17.3 Å². The number of hydrogen-bond donors (Lipinski definition) is 2. The van der Waals surface area contributed by atoms with E-state index in [4.69, 9.17) is 10.5 Å². The second kappa shape index (κ2) is 6.00. The molecule has 23 heavy (non-hydrogen) atoms. The molecule has 2 amide bonds. The molecule has 3 N–H and O–H groups in total. The molecule has 0 spiro atoms. The molecule has 1 aromatic rings. The maximum absolute atomic E-state index is 12.8. The van der Waals surface area contributed by atoms with E-state index >= 15 is 0 Å². The molecule has 0 unspecified atom stereocenters. The number of amides is 2. The summed E-state index contributed by atoms with van der Waals surface area (Å²) in [5.74, 6) is 0.171.